The maximum atomic E-state index is 5.82. The van der Waals surface area contributed by atoms with Crippen molar-refractivity contribution in [2.45, 2.75) is 45.9 Å². The highest BCUT2D eigenvalue weighted by Gasteiger charge is 2.22. The predicted molar refractivity (Wildman–Crippen MR) is 113 cm³/mol. The van der Waals surface area contributed by atoms with Gasteiger partial charge in [-0.1, -0.05) is 42.1 Å². The molecule has 1 fully saturated rings. The number of nitrogens with zero attached hydrogens (tertiary/aromatic N) is 3. The van der Waals surface area contributed by atoms with Gasteiger partial charge in [0.05, 0.1) is 18.4 Å². The minimum atomic E-state index is 0.347. The Hall–Kier alpha value is -2.05. The van der Waals surface area contributed by atoms with Crippen molar-refractivity contribution in [3.05, 3.63) is 58.9 Å². The fourth-order valence-corrected chi connectivity index (χ4v) is 4.41. The number of nitrogens with one attached hydrogen (secondary N) is 1. The molecule has 0 amide bonds. The average molecular weight is 383 g/mol. The number of hydrazone groups is 1. The van der Waals surface area contributed by atoms with Crippen LogP contribution in [0.25, 0.3) is 0 Å². The van der Waals surface area contributed by atoms with Gasteiger partial charge in [0.2, 0.25) is 0 Å². The molecule has 1 N–H and O–H groups in total. The molecular weight excluding hydrogens is 356 g/mol. The molecule has 0 unspecified atom stereocenters. The van der Waals surface area contributed by atoms with E-state index in [9.17, 15) is 0 Å². The van der Waals surface area contributed by atoms with Crippen molar-refractivity contribution in [2.24, 2.45) is 10.1 Å². The van der Waals surface area contributed by atoms with Crippen molar-refractivity contribution in [1.82, 2.24) is 9.99 Å². The van der Waals surface area contributed by atoms with Crippen LogP contribution in [0.4, 0.5) is 0 Å². The third kappa shape index (κ3) is 4.28. The van der Waals surface area contributed by atoms with Gasteiger partial charge in [-0.2, -0.15) is 5.10 Å². The van der Waals surface area contributed by atoms with Crippen LogP contribution in [0.3, 0.4) is 0 Å². The average Bonchev–Trinajstić information content (AvgIpc) is 3.31. The normalized spacial score (nSPS) is 21.3. The molecule has 2 aliphatic heterocycles. The maximum Gasteiger partial charge on any atom is 0.177 e. The number of aliphatic imine (C=N–C) groups is 1. The van der Waals surface area contributed by atoms with E-state index >= 15 is 0 Å². The number of amidine groups is 1. The first kappa shape index (κ1) is 18.3. The molecule has 1 saturated heterocycles. The van der Waals surface area contributed by atoms with E-state index in [2.05, 4.69) is 52.1 Å². The molecular formula is C21H26N4OS. The zero-order valence-electron chi connectivity index (χ0n) is 15.9. The summed E-state index contributed by atoms with van der Waals surface area (Å²) in [6.45, 7) is 6.87. The van der Waals surface area contributed by atoms with E-state index < -0.39 is 0 Å². The van der Waals surface area contributed by atoms with E-state index in [-0.39, 0.29) is 0 Å². The summed E-state index contributed by atoms with van der Waals surface area (Å²) >= 11 is 1.72. The lowest BCUT2D eigenvalue weighted by atomic mass is 10.1. The van der Waals surface area contributed by atoms with Gasteiger partial charge in [0.1, 0.15) is 0 Å². The molecule has 142 valence electrons. The van der Waals surface area contributed by atoms with Crippen molar-refractivity contribution >= 4 is 22.6 Å². The van der Waals surface area contributed by atoms with Crippen molar-refractivity contribution in [1.29, 1.82) is 0 Å². The van der Waals surface area contributed by atoms with Crippen LogP contribution in [0.1, 0.15) is 35.4 Å². The quantitative estimate of drug-likeness (QED) is 0.854. The summed E-state index contributed by atoms with van der Waals surface area (Å²) in [6.07, 6.45) is 2.68. The molecule has 2 aromatic rings. The van der Waals surface area contributed by atoms with Crippen LogP contribution in [-0.4, -0.2) is 33.9 Å². The van der Waals surface area contributed by atoms with Crippen LogP contribution in [0.5, 0.6) is 0 Å². The van der Waals surface area contributed by atoms with E-state index in [1.54, 1.807) is 11.8 Å². The summed E-state index contributed by atoms with van der Waals surface area (Å²) in [6, 6.07) is 12.5. The van der Waals surface area contributed by atoms with E-state index in [1.807, 2.05) is 18.2 Å². The van der Waals surface area contributed by atoms with Crippen molar-refractivity contribution < 1.29 is 4.74 Å². The van der Waals surface area contributed by atoms with Gasteiger partial charge < -0.3 is 9.30 Å². The van der Waals surface area contributed by atoms with Gasteiger partial charge in [-0.3, -0.25) is 10.4 Å². The largest absolute Gasteiger partial charge is 0.376 e. The van der Waals surface area contributed by atoms with Gasteiger partial charge in [-0.05, 0) is 38.3 Å². The highest BCUT2D eigenvalue weighted by molar-refractivity contribution is 8.14. The molecule has 1 atom stereocenters. The first-order valence-electron chi connectivity index (χ1n) is 9.53. The number of hydrogen-bond acceptors (Lipinski definition) is 4. The molecule has 0 saturated carbocycles. The van der Waals surface area contributed by atoms with E-state index in [1.165, 1.54) is 28.9 Å². The molecule has 2 aliphatic rings. The van der Waals surface area contributed by atoms with Gasteiger partial charge in [0, 0.05) is 35.9 Å². The second-order valence-corrected chi connectivity index (χ2v) is 8.06. The Morgan fingerprint density at radius 2 is 2.15 bits per heavy atom. The number of aryl methyl sites for hydroxylation is 1. The van der Waals surface area contributed by atoms with Crippen molar-refractivity contribution in [3.63, 3.8) is 0 Å². The Morgan fingerprint density at radius 3 is 2.85 bits per heavy atom. The number of thioether (sulfide) groups is 1. The molecule has 0 bridgehead atoms. The summed E-state index contributed by atoms with van der Waals surface area (Å²) in [4.78, 5) is 4.63. The predicted octanol–water partition coefficient (Wildman–Crippen LogP) is 3.88. The van der Waals surface area contributed by atoms with Gasteiger partial charge in [-0.25, -0.2) is 0 Å². The highest BCUT2D eigenvalue weighted by Crippen LogP contribution is 2.23. The van der Waals surface area contributed by atoms with Crippen LogP contribution in [0.2, 0.25) is 0 Å². The molecule has 27 heavy (non-hydrogen) atoms. The second kappa shape index (κ2) is 8.31. The lowest BCUT2D eigenvalue weighted by molar-refractivity contribution is 0.0962. The molecule has 3 heterocycles. The summed E-state index contributed by atoms with van der Waals surface area (Å²) in [5, 5.41) is 5.50. The van der Waals surface area contributed by atoms with Gasteiger partial charge in [0.15, 0.2) is 5.17 Å². The van der Waals surface area contributed by atoms with Gasteiger partial charge in [-0.15, -0.1) is 0 Å². The van der Waals surface area contributed by atoms with Crippen LogP contribution in [-0.2, 0) is 17.8 Å². The number of rotatable bonds is 5. The van der Waals surface area contributed by atoms with E-state index in [0.717, 1.165) is 36.2 Å². The number of hydrogen-bond donors (Lipinski definition) is 1. The third-order valence-corrected chi connectivity index (χ3v) is 6.09. The number of benzene rings is 1. The molecule has 0 spiro atoms. The van der Waals surface area contributed by atoms with Crippen LogP contribution < -0.4 is 5.43 Å². The van der Waals surface area contributed by atoms with E-state index in [0.29, 0.717) is 12.6 Å². The topological polar surface area (TPSA) is 50.9 Å². The Kier molecular flexibility index (Phi) is 5.64. The Morgan fingerprint density at radius 1 is 1.30 bits per heavy atom. The summed E-state index contributed by atoms with van der Waals surface area (Å²) in [7, 11) is 0. The first-order valence-corrected chi connectivity index (χ1v) is 10.5. The summed E-state index contributed by atoms with van der Waals surface area (Å²) in [5.41, 5.74) is 9.20. The summed E-state index contributed by atoms with van der Waals surface area (Å²) < 4.78 is 8.19. The monoisotopic (exact) mass is 382 g/mol. The molecule has 5 nitrogen and oxygen atoms in total. The zero-order valence-corrected chi connectivity index (χ0v) is 16.8. The van der Waals surface area contributed by atoms with Gasteiger partial charge in [0.25, 0.3) is 0 Å². The standard InChI is InChI=1S/C21H26N4OS/c1-15-11-19(16(2)25(15)13-18-9-6-10-26-18)20-14-27-21(24-23-20)22-12-17-7-4-3-5-8-17/h3-5,7-8,11,18H,6,9-10,12-14H2,1-2H3,(H,22,24)/t18-/m1/s1. The highest BCUT2D eigenvalue weighted by atomic mass is 32.2. The molecule has 0 aliphatic carbocycles. The zero-order chi connectivity index (χ0) is 18.6. The Balaban J connectivity index is 1.44. The smallest absolute Gasteiger partial charge is 0.177 e. The van der Waals surface area contributed by atoms with Crippen molar-refractivity contribution in [3.8, 4) is 0 Å². The van der Waals surface area contributed by atoms with Crippen LogP contribution in [0.15, 0.2) is 46.5 Å². The molecule has 1 aromatic heterocycles. The Labute approximate surface area is 164 Å². The third-order valence-electron chi connectivity index (χ3n) is 5.17. The van der Waals surface area contributed by atoms with Crippen molar-refractivity contribution in [2.75, 3.05) is 12.4 Å². The van der Waals surface area contributed by atoms with E-state index in [4.69, 9.17) is 4.74 Å². The fourth-order valence-electron chi connectivity index (χ4n) is 3.65. The maximum absolute atomic E-state index is 5.82. The SMILES string of the molecule is Cc1cc(C2=NNC(=NCc3ccccc3)SC2)c(C)n1C[C@H]1CCCO1. The molecule has 6 heteroatoms. The first-order chi connectivity index (χ1) is 13.2. The molecule has 0 radical (unpaired) electrons. The van der Waals surface area contributed by atoms with Gasteiger partial charge >= 0.3 is 0 Å². The summed E-state index contributed by atoms with van der Waals surface area (Å²) in [5.74, 6) is 0.838. The number of aromatic nitrogens is 1. The molecule has 4 rings (SSSR count). The number of ether oxygens (including phenoxy) is 1. The minimum absolute atomic E-state index is 0.347. The lowest BCUT2D eigenvalue weighted by Crippen LogP contribution is -2.26. The Bertz CT molecular complexity index is 851. The van der Waals surface area contributed by atoms with Crippen LogP contribution in [0, 0.1) is 13.8 Å². The molecule has 1 aromatic carbocycles. The minimum Gasteiger partial charge on any atom is -0.376 e. The fraction of sp³-hybridized carbons (Fsp3) is 0.429. The second-order valence-electron chi connectivity index (χ2n) is 7.10. The van der Waals surface area contributed by atoms with Crippen LogP contribution >= 0.6 is 11.8 Å². The lowest BCUT2D eigenvalue weighted by Gasteiger charge is -2.17.